The smallest absolute Gasteiger partial charge is 0.243 e. The lowest BCUT2D eigenvalue weighted by molar-refractivity contribution is 0.0908. The summed E-state index contributed by atoms with van der Waals surface area (Å²) in [5.41, 5.74) is 4.30. The van der Waals surface area contributed by atoms with E-state index < -0.39 is 26.3 Å². The SMILES string of the molecule is CSCC(C)(O)CNS(=O)(=O)c1ccc(N)cc1F. The van der Waals surface area contributed by atoms with Crippen molar-refractivity contribution in [3.8, 4) is 0 Å². The van der Waals surface area contributed by atoms with Gasteiger partial charge in [0.1, 0.15) is 10.7 Å². The van der Waals surface area contributed by atoms with Crippen LogP contribution in [-0.4, -0.2) is 37.7 Å². The Bertz CT molecular complexity index is 547. The van der Waals surface area contributed by atoms with Gasteiger partial charge in [-0.15, -0.1) is 0 Å². The lowest BCUT2D eigenvalue weighted by Gasteiger charge is -2.22. The topological polar surface area (TPSA) is 92.4 Å². The van der Waals surface area contributed by atoms with Crippen molar-refractivity contribution < 1.29 is 17.9 Å². The van der Waals surface area contributed by atoms with E-state index in [4.69, 9.17) is 5.73 Å². The Kier molecular flexibility index (Phi) is 5.19. The number of thioether (sulfide) groups is 1. The van der Waals surface area contributed by atoms with Gasteiger partial charge in [-0.2, -0.15) is 11.8 Å². The Morgan fingerprint density at radius 2 is 2.16 bits per heavy atom. The minimum atomic E-state index is -4.01. The molecular formula is C11H17FN2O3S2. The van der Waals surface area contributed by atoms with Gasteiger partial charge in [0.05, 0.1) is 5.60 Å². The predicted molar refractivity (Wildman–Crippen MR) is 75.0 cm³/mol. The number of benzene rings is 1. The second-order valence-electron chi connectivity index (χ2n) is 4.44. The first-order valence-electron chi connectivity index (χ1n) is 5.44. The van der Waals surface area contributed by atoms with Gasteiger partial charge in [-0.1, -0.05) is 0 Å². The van der Waals surface area contributed by atoms with Crippen LogP contribution >= 0.6 is 11.8 Å². The van der Waals surface area contributed by atoms with Crippen LogP contribution in [0.4, 0.5) is 10.1 Å². The average Bonchev–Trinajstić information content (AvgIpc) is 2.26. The van der Waals surface area contributed by atoms with Crippen LogP contribution in [0.5, 0.6) is 0 Å². The second-order valence-corrected chi connectivity index (χ2v) is 7.05. The first-order valence-corrected chi connectivity index (χ1v) is 8.32. The Labute approximate surface area is 116 Å². The largest absolute Gasteiger partial charge is 0.399 e. The molecule has 0 radical (unpaired) electrons. The van der Waals surface area contributed by atoms with E-state index in [1.165, 1.54) is 24.8 Å². The summed E-state index contributed by atoms with van der Waals surface area (Å²) >= 11 is 1.38. The van der Waals surface area contributed by atoms with Crippen molar-refractivity contribution in [2.45, 2.75) is 17.4 Å². The van der Waals surface area contributed by atoms with Gasteiger partial charge in [0.2, 0.25) is 10.0 Å². The van der Waals surface area contributed by atoms with Crippen LogP contribution in [-0.2, 0) is 10.0 Å². The van der Waals surface area contributed by atoms with Gasteiger partial charge in [0.25, 0.3) is 0 Å². The molecular weight excluding hydrogens is 291 g/mol. The highest BCUT2D eigenvalue weighted by Gasteiger charge is 2.25. The fourth-order valence-electron chi connectivity index (χ4n) is 1.43. The third-order valence-electron chi connectivity index (χ3n) is 2.34. The standard InChI is InChI=1S/C11H17FN2O3S2/c1-11(15,7-18-2)6-14-19(16,17)10-4-3-8(13)5-9(10)12/h3-5,14-15H,6-7,13H2,1-2H3. The van der Waals surface area contributed by atoms with E-state index in [0.717, 1.165) is 12.1 Å². The summed E-state index contributed by atoms with van der Waals surface area (Å²) in [6.07, 6.45) is 1.79. The molecule has 4 N–H and O–H groups in total. The van der Waals surface area contributed by atoms with Gasteiger partial charge in [-0.3, -0.25) is 0 Å². The van der Waals surface area contributed by atoms with Gasteiger partial charge >= 0.3 is 0 Å². The van der Waals surface area contributed by atoms with E-state index in [2.05, 4.69) is 4.72 Å². The summed E-state index contributed by atoms with van der Waals surface area (Å²) in [7, 11) is -4.01. The minimum absolute atomic E-state index is 0.144. The fourth-order valence-corrected chi connectivity index (χ4v) is 3.37. The first kappa shape index (κ1) is 16.2. The van der Waals surface area contributed by atoms with E-state index in [1.807, 2.05) is 0 Å². The quantitative estimate of drug-likeness (QED) is 0.676. The van der Waals surface area contributed by atoms with Crippen molar-refractivity contribution in [3.05, 3.63) is 24.0 Å². The first-order chi connectivity index (χ1) is 8.68. The van der Waals surface area contributed by atoms with Crippen molar-refractivity contribution in [3.63, 3.8) is 0 Å². The molecule has 1 aromatic rings. The molecule has 0 fully saturated rings. The highest BCUT2D eigenvalue weighted by Crippen LogP contribution is 2.18. The van der Waals surface area contributed by atoms with Crippen LogP contribution in [0.3, 0.4) is 0 Å². The monoisotopic (exact) mass is 308 g/mol. The van der Waals surface area contributed by atoms with E-state index in [1.54, 1.807) is 6.26 Å². The number of nitrogens with one attached hydrogen (secondary N) is 1. The molecule has 0 aromatic heterocycles. The number of hydrogen-bond acceptors (Lipinski definition) is 5. The number of hydrogen-bond donors (Lipinski definition) is 3. The maximum Gasteiger partial charge on any atom is 0.243 e. The highest BCUT2D eigenvalue weighted by molar-refractivity contribution is 7.98. The lowest BCUT2D eigenvalue weighted by Crippen LogP contribution is -2.42. The molecule has 1 rings (SSSR count). The number of halogens is 1. The average molecular weight is 308 g/mol. The molecule has 5 nitrogen and oxygen atoms in total. The van der Waals surface area contributed by atoms with Crippen molar-refractivity contribution in [2.24, 2.45) is 0 Å². The Balaban J connectivity index is 2.87. The summed E-state index contributed by atoms with van der Waals surface area (Å²) in [4.78, 5) is -0.485. The van der Waals surface area contributed by atoms with Crippen molar-refractivity contribution in [1.82, 2.24) is 4.72 Å². The van der Waals surface area contributed by atoms with Crippen LogP contribution in [0.1, 0.15) is 6.92 Å². The van der Waals surface area contributed by atoms with E-state index in [9.17, 15) is 17.9 Å². The third-order valence-corrected chi connectivity index (χ3v) is 4.69. The number of aliphatic hydroxyl groups is 1. The normalized spacial score (nSPS) is 15.2. The second kappa shape index (κ2) is 6.08. The summed E-state index contributed by atoms with van der Waals surface area (Å²) in [6.45, 7) is 1.31. The maximum atomic E-state index is 13.5. The summed E-state index contributed by atoms with van der Waals surface area (Å²) in [5.74, 6) is -0.559. The number of rotatable bonds is 6. The van der Waals surface area contributed by atoms with Crippen molar-refractivity contribution in [2.75, 3.05) is 24.3 Å². The zero-order valence-electron chi connectivity index (χ0n) is 10.7. The van der Waals surface area contributed by atoms with Crippen LogP contribution in [0, 0.1) is 5.82 Å². The van der Waals surface area contributed by atoms with Crippen LogP contribution in [0.15, 0.2) is 23.1 Å². The molecule has 0 saturated heterocycles. The van der Waals surface area contributed by atoms with Gasteiger partial charge < -0.3 is 10.8 Å². The molecule has 1 aromatic carbocycles. The molecule has 108 valence electrons. The lowest BCUT2D eigenvalue weighted by atomic mass is 10.1. The molecule has 0 heterocycles. The van der Waals surface area contributed by atoms with Crippen molar-refractivity contribution >= 4 is 27.5 Å². The van der Waals surface area contributed by atoms with E-state index in [0.29, 0.717) is 5.75 Å². The number of nitrogen functional groups attached to an aromatic ring is 1. The van der Waals surface area contributed by atoms with E-state index >= 15 is 0 Å². The molecule has 0 aliphatic rings. The summed E-state index contributed by atoms with van der Waals surface area (Å²) in [6, 6.07) is 3.34. The summed E-state index contributed by atoms with van der Waals surface area (Å²) in [5, 5.41) is 9.88. The molecule has 0 aliphatic heterocycles. The Hall–Kier alpha value is -0.830. The molecule has 19 heavy (non-hydrogen) atoms. The van der Waals surface area contributed by atoms with Crippen LogP contribution in [0.25, 0.3) is 0 Å². The van der Waals surface area contributed by atoms with Gasteiger partial charge in [-0.25, -0.2) is 17.5 Å². The fraction of sp³-hybridized carbons (Fsp3) is 0.455. The highest BCUT2D eigenvalue weighted by atomic mass is 32.2. The van der Waals surface area contributed by atoms with Crippen LogP contribution < -0.4 is 10.5 Å². The van der Waals surface area contributed by atoms with Gasteiger partial charge in [0.15, 0.2) is 0 Å². The zero-order valence-corrected chi connectivity index (χ0v) is 12.3. The molecule has 0 amide bonds. The Morgan fingerprint density at radius 3 is 2.68 bits per heavy atom. The zero-order chi connectivity index (χ0) is 14.7. The minimum Gasteiger partial charge on any atom is -0.399 e. The number of anilines is 1. The predicted octanol–water partition coefficient (Wildman–Crippen LogP) is 0.800. The maximum absolute atomic E-state index is 13.5. The Morgan fingerprint density at radius 1 is 1.53 bits per heavy atom. The number of nitrogens with two attached hydrogens (primary N) is 1. The molecule has 1 unspecified atom stereocenters. The van der Waals surface area contributed by atoms with Crippen LogP contribution in [0.2, 0.25) is 0 Å². The number of sulfonamides is 1. The molecule has 0 spiro atoms. The molecule has 0 saturated carbocycles. The molecule has 1 atom stereocenters. The van der Waals surface area contributed by atoms with Gasteiger partial charge in [-0.05, 0) is 31.4 Å². The van der Waals surface area contributed by atoms with Crippen molar-refractivity contribution in [1.29, 1.82) is 0 Å². The molecule has 8 heteroatoms. The van der Waals surface area contributed by atoms with Gasteiger partial charge in [0, 0.05) is 18.0 Å². The van der Waals surface area contributed by atoms with E-state index in [-0.39, 0.29) is 12.2 Å². The summed E-state index contributed by atoms with van der Waals surface area (Å²) < 4.78 is 39.5. The molecule has 0 aliphatic carbocycles. The molecule has 0 bridgehead atoms. The third kappa shape index (κ3) is 4.64.